The van der Waals surface area contributed by atoms with Gasteiger partial charge in [-0.1, -0.05) is 12.5 Å². The van der Waals surface area contributed by atoms with Crippen LogP contribution in [-0.4, -0.2) is 51.1 Å². The predicted molar refractivity (Wildman–Crippen MR) is 85.7 cm³/mol. The third kappa shape index (κ3) is 2.36. The molecular formula is C16H21NO6S. The number of sulfonamides is 1. The maximum Gasteiger partial charge on any atom is 0.311 e. The van der Waals surface area contributed by atoms with E-state index in [9.17, 15) is 18.3 Å². The predicted octanol–water partition coefficient (Wildman–Crippen LogP) is 1.58. The molecule has 1 aliphatic carbocycles. The number of benzene rings is 1. The standard InChI is InChI=1S/C16H21NO6S/c1-22-12-6-3-7-13(23-2)14(12)24(20,21)17-9-11-5-4-8-16(11,10-17)15(18)19/h3,6-7,11H,4-5,8-10H2,1-2H3,(H,18,19)/t11-,16+/m0/s1. The van der Waals surface area contributed by atoms with Crippen LogP contribution in [0.1, 0.15) is 19.3 Å². The number of carbonyl (C=O) groups is 1. The van der Waals surface area contributed by atoms with Gasteiger partial charge in [-0.25, -0.2) is 8.42 Å². The Bertz CT molecular complexity index is 740. The van der Waals surface area contributed by atoms with E-state index in [1.165, 1.54) is 18.5 Å². The van der Waals surface area contributed by atoms with Crippen LogP contribution in [0, 0.1) is 11.3 Å². The topological polar surface area (TPSA) is 93.1 Å². The zero-order valence-electron chi connectivity index (χ0n) is 13.7. The maximum atomic E-state index is 13.2. The van der Waals surface area contributed by atoms with Crippen molar-refractivity contribution in [2.24, 2.45) is 11.3 Å². The number of hydrogen-bond donors (Lipinski definition) is 1. The Hall–Kier alpha value is -1.80. The van der Waals surface area contributed by atoms with E-state index in [1.807, 2.05) is 0 Å². The van der Waals surface area contributed by atoms with E-state index in [-0.39, 0.29) is 35.4 Å². The third-order valence-electron chi connectivity index (χ3n) is 5.25. The lowest BCUT2D eigenvalue weighted by molar-refractivity contribution is -0.149. The number of hydrogen-bond acceptors (Lipinski definition) is 5. The number of rotatable bonds is 5. The summed E-state index contributed by atoms with van der Waals surface area (Å²) in [5.74, 6) is -0.674. The molecule has 0 unspecified atom stereocenters. The minimum absolute atomic E-state index is 0.00344. The summed E-state index contributed by atoms with van der Waals surface area (Å²) < 4.78 is 38.0. The summed E-state index contributed by atoms with van der Waals surface area (Å²) in [5.41, 5.74) is -0.970. The van der Waals surface area contributed by atoms with Crippen molar-refractivity contribution in [2.75, 3.05) is 27.3 Å². The molecule has 1 saturated heterocycles. The lowest BCUT2D eigenvalue weighted by Crippen LogP contribution is -2.37. The number of aliphatic carboxylic acids is 1. The van der Waals surface area contributed by atoms with Crippen LogP contribution in [0.3, 0.4) is 0 Å². The molecule has 1 heterocycles. The third-order valence-corrected chi connectivity index (χ3v) is 7.12. The molecule has 0 bridgehead atoms. The first kappa shape index (κ1) is 17.0. The van der Waals surface area contributed by atoms with E-state index in [0.29, 0.717) is 6.42 Å². The van der Waals surface area contributed by atoms with E-state index in [4.69, 9.17) is 9.47 Å². The van der Waals surface area contributed by atoms with Gasteiger partial charge in [-0.3, -0.25) is 4.79 Å². The largest absolute Gasteiger partial charge is 0.495 e. The van der Waals surface area contributed by atoms with Gasteiger partial charge in [0.1, 0.15) is 11.5 Å². The van der Waals surface area contributed by atoms with E-state index in [2.05, 4.69) is 0 Å². The molecule has 1 aromatic carbocycles. The highest BCUT2D eigenvalue weighted by molar-refractivity contribution is 7.89. The fourth-order valence-corrected chi connectivity index (χ4v) is 5.82. The van der Waals surface area contributed by atoms with Gasteiger partial charge in [0.15, 0.2) is 4.90 Å². The molecule has 2 aliphatic rings. The van der Waals surface area contributed by atoms with Crippen molar-refractivity contribution < 1.29 is 27.8 Å². The van der Waals surface area contributed by atoms with Crippen molar-refractivity contribution in [1.82, 2.24) is 4.31 Å². The van der Waals surface area contributed by atoms with Crippen molar-refractivity contribution in [3.05, 3.63) is 18.2 Å². The molecule has 2 atom stereocenters. The highest BCUT2D eigenvalue weighted by Crippen LogP contribution is 2.51. The average Bonchev–Trinajstić information content (AvgIpc) is 3.12. The Labute approximate surface area is 141 Å². The first-order chi connectivity index (χ1) is 11.4. The second-order valence-electron chi connectivity index (χ2n) is 6.34. The van der Waals surface area contributed by atoms with E-state index in [1.54, 1.807) is 18.2 Å². The number of ether oxygens (including phenoxy) is 2. The van der Waals surface area contributed by atoms with E-state index >= 15 is 0 Å². The summed E-state index contributed by atoms with van der Waals surface area (Å²) >= 11 is 0. The maximum absolute atomic E-state index is 13.2. The molecule has 1 aromatic rings. The molecule has 132 valence electrons. The van der Waals surface area contributed by atoms with E-state index in [0.717, 1.165) is 12.8 Å². The fourth-order valence-electron chi connectivity index (χ4n) is 3.98. The monoisotopic (exact) mass is 355 g/mol. The summed E-state index contributed by atoms with van der Waals surface area (Å²) in [6, 6.07) is 4.76. The number of carboxylic acid groups (broad SMARTS) is 1. The van der Waals surface area contributed by atoms with Crippen LogP contribution in [0.25, 0.3) is 0 Å². The summed E-state index contributed by atoms with van der Waals surface area (Å²) in [6.45, 7) is 0.215. The Morgan fingerprint density at radius 2 is 1.92 bits per heavy atom. The summed E-state index contributed by atoms with van der Waals surface area (Å²) in [6.07, 6.45) is 2.08. The Balaban J connectivity index is 2.03. The lowest BCUT2D eigenvalue weighted by Gasteiger charge is -2.24. The molecule has 0 amide bonds. The van der Waals surface area contributed by atoms with Crippen LogP contribution in [-0.2, 0) is 14.8 Å². The molecule has 3 rings (SSSR count). The van der Waals surface area contributed by atoms with Crippen LogP contribution < -0.4 is 9.47 Å². The van der Waals surface area contributed by atoms with Crippen molar-refractivity contribution in [2.45, 2.75) is 24.2 Å². The van der Waals surface area contributed by atoms with Gasteiger partial charge >= 0.3 is 5.97 Å². The van der Waals surface area contributed by atoms with Crippen LogP contribution in [0.4, 0.5) is 0 Å². The summed E-state index contributed by atoms with van der Waals surface area (Å²) in [7, 11) is -1.13. The highest BCUT2D eigenvalue weighted by atomic mass is 32.2. The van der Waals surface area contributed by atoms with Crippen LogP contribution in [0.15, 0.2) is 23.1 Å². The van der Waals surface area contributed by atoms with Gasteiger partial charge in [0.2, 0.25) is 0 Å². The summed E-state index contributed by atoms with van der Waals surface area (Å²) in [4.78, 5) is 11.7. The van der Waals surface area contributed by atoms with Crippen molar-refractivity contribution in [1.29, 1.82) is 0 Å². The molecule has 2 fully saturated rings. The quantitative estimate of drug-likeness (QED) is 0.862. The molecule has 7 nitrogen and oxygen atoms in total. The molecular weight excluding hydrogens is 334 g/mol. The van der Waals surface area contributed by atoms with Crippen molar-refractivity contribution in [3.8, 4) is 11.5 Å². The van der Waals surface area contributed by atoms with Gasteiger partial charge in [0, 0.05) is 13.1 Å². The summed E-state index contributed by atoms with van der Waals surface area (Å²) in [5, 5.41) is 9.66. The molecule has 0 spiro atoms. The smallest absolute Gasteiger partial charge is 0.311 e. The average molecular weight is 355 g/mol. The Kier molecular flexibility index (Phi) is 4.21. The fraction of sp³-hybridized carbons (Fsp3) is 0.562. The molecule has 1 saturated carbocycles. The first-order valence-corrected chi connectivity index (χ1v) is 9.25. The van der Waals surface area contributed by atoms with Gasteiger partial charge in [-0.05, 0) is 30.9 Å². The molecule has 1 N–H and O–H groups in total. The Morgan fingerprint density at radius 3 is 2.42 bits per heavy atom. The van der Waals surface area contributed by atoms with Crippen molar-refractivity contribution in [3.63, 3.8) is 0 Å². The van der Waals surface area contributed by atoms with E-state index < -0.39 is 21.4 Å². The SMILES string of the molecule is COc1cccc(OC)c1S(=O)(=O)N1C[C@@H]2CCC[C@@]2(C(=O)O)C1. The zero-order chi connectivity index (χ0) is 17.5. The number of fused-ring (bicyclic) bond motifs is 1. The normalized spacial score (nSPS) is 27.0. The highest BCUT2D eigenvalue weighted by Gasteiger charge is 2.57. The molecule has 1 aliphatic heterocycles. The van der Waals surface area contributed by atoms with Gasteiger partial charge in [-0.15, -0.1) is 0 Å². The van der Waals surface area contributed by atoms with Gasteiger partial charge in [0.25, 0.3) is 10.0 Å². The number of carboxylic acids is 1. The number of nitrogens with zero attached hydrogens (tertiary/aromatic N) is 1. The second kappa shape index (κ2) is 5.93. The van der Waals surface area contributed by atoms with Gasteiger partial charge in [-0.2, -0.15) is 4.31 Å². The van der Waals surface area contributed by atoms with Gasteiger partial charge < -0.3 is 14.6 Å². The number of methoxy groups -OCH3 is 2. The molecule has 0 aromatic heterocycles. The first-order valence-electron chi connectivity index (χ1n) is 7.81. The lowest BCUT2D eigenvalue weighted by atomic mass is 9.81. The van der Waals surface area contributed by atoms with Gasteiger partial charge in [0.05, 0.1) is 19.6 Å². The van der Waals surface area contributed by atoms with Crippen LogP contribution in [0.2, 0.25) is 0 Å². The minimum atomic E-state index is -3.92. The zero-order valence-corrected chi connectivity index (χ0v) is 14.5. The Morgan fingerprint density at radius 1 is 1.29 bits per heavy atom. The minimum Gasteiger partial charge on any atom is -0.495 e. The van der Waals surface area contributed by atoms with Crippen molar-refractivity contribution >= 4 is 16.0 Å². The molecule has 8 heteroatoms. The van der Waals surface area contributed by atoms with Crippen LogP contribution in [0.5, 0.6) is 11.5 Å². The molecule has 24 heavy (non-hydrogen) atoms. The second-order valence-corrected chi connectivity index (χ2v) is 8.21. The molecule has 0 radical (unpaired) electrons. The van der Waals surface area contributed by atoms with Crippen LogP contribution >= 0.6 is 0 Å².